The van der Waals surface area contributed by atoms with E-state index < -0.39 is 17.7 Å². The van der Waals surface area contributed by atoms with E-state index in [-0.39, 0.29) is 12.5 Å². The number of nitrogens with two attached hydrogens (primary N) is 1. The molecule has 2 aromatic rings. The van der Waals surface area contributed by atoms with Crippen molar-refractivity contribution < 1.29 is 18.3 Å². The van der Waals surface area contributed by atoms with Gasteiger partial charge in [0.2, 0.25) is 0 Å². The highest BCUT2D eigenvalue weighted by atomic mass is 19.2. The number of nitrogens with zero attached hydrogens (tertiary/aromatic N) is 2. The molecule has 1 atom stereocenters. The van der Waals surface area contributed by atoms with Crippen LogP contribution in [0, 0.1) is 17.6 Å². The summed E-state index contributed by atoms with van der Waals surface area (Å²) in [5.41, 5.74) is 5.97. The van der Waals surface area contributed by atoms with Crippen molar-refractivity contribution in [3.05, 3.63) is 42.1 Å². The quantitative estimate of drug-likeness (QED) is 0.892. The van der Waals surface area contributed by atoms with Crippen molar-refractivity contribution in [3.63, 3.8) is 0 Å². The van der Waals surface area contributed by atoms with Gasteiger partial charge in [-0.05, 0) is 36.6 Å². The van der Waals surface area contributed by atoms with E-state index in [4.69, 9.17) is 5.73 Å². The van der Waals surface area contributed by atoms with Crippen molar-refractivity contribution in [2.45, 2.75) is 19.9 Å². The van der Waals surface area contributed by atoms with Crippen molar-refractivity contribution in [1.82, 2.24) is 9.78 Å². The topological polar surface area (TPSA) is 70.1 Å². The second-order valence-electron chi connectivity index (χ2n) is 5.11. The van der Waals surface area contributed by atoms with E-state index in [9.17, 15) is 13.6 Å². The lowest BCUT2D eigenvalue weighted by molar-refractivity contribution is 0.148. The molecule has 0 aliphatic heterocycles. The predicted octanol–water partition coefficient (Wildman–Crippen LogP) is 2.95. The number of hydrogen-bond acceptors (Lipinski definition) is 3. The summed E-state index contributed by atoms with van der Waals surface area (Å²) in [5.74, 6) is -1.56. The minimum absolute atomic E-state index is 0.219. The highest BCUT2D eigenvalue weighted by molar-refractivity contribution is 5.64. The van der Waals surface area contributed by atoms with E-state index in [2.05, 4.69) is 9.84 Å². The zero-order chi connectivity index (χ0) is 16.1. The number of primary amides is 1. The van der Waals surface area contributed by atoms with Crippen LogP contribution in [0.25, 0.3) is 11.3 Å². The average Bonchev–Trinajstić information content (AvgIpc) is 2.90. The van der Waals surface area contributed by atoms with Gasteiger partial charge < -0.3 is 10.5 Å². The molecule has 1 aromatic heterocycles. The van der Waals surface area contributed by atoms with Crippen molar-refractivity contribution in [2.24, 2.45) is 11.7 Å². The third-order valence-electron chi connectivity index (χ3n) is 3.21. The molecule has 0 radical (unpaired) electrons. The lowest BCUT2D eigenvalue weighted by Gasteiger charge is -2.11. The molecule has 118 valence electrons. The molecule has 0 saturated carbocycles. The first-order chi connectivity index (χ1) is 10.5. The van der Waals surface area contributed by atoms with Crippen LogP contribution in [0.1, 0.15) is 13.3 Å². The fourth-order valence-corrected chi connectivity index (χ4v) is 2.04. The zero-order valence-electron chi connectivity index (χ0n) is 12.1. The Labute approximate surface area is 126 Å². The largest absolute Gasteiger partial charge is 0.450 e. The van der Waals surface area contributed by atoms with Crippen LogP contribution in [0.3, 0.4) is 0 Å². The third kappa shape index (κ3) is 4.28. The summed E-state index contributed by atoms with van der Waals surface area (Å²) in [4.78, 5) is 10.5. The highest BCUT2D eigenvalue weighted by Crippen LogP contribution is 2.20. The van der Waals surface area contributed by atoms with Gasteiger partial charge in [-0.3, -0.25) is 4.68 Å². The first-order valence-electron chi connectivity index (χ1n) is 6.87. The molecular formula is C15H17F2N3O2. The number of amides is 1. The number of rotatable bonds is 6. The molecule has 0 unspecified atom stereocenters. The minimum Gasteiger partial charge on any atom is -0.450 e. The summed E-state index contributed by atoms with van der Waals surface area (Å²) in [6.07, 6.45) is 1.64. The Morgan fingerprint density at radius 1 is 1.36 bits per heavy atom. The van der Waals surface area contributed by atoms with Crippen molar-refractivity contribution in [2.75, 3.05) is 6.61 Å². The summed E-state index contributed by atoms with van der Waals surface area (Å²) in [6.45, 7) is 2.86. The molecule has 22 heavy (non-hydrogen) atoms. The van der Waals surface area contributed by atoms with Crippen LogP contribution in [0.5, 0.6) is 0 Å². The van der Waals surface area contributed by atoms with Gasteiger partial charge in [-0.25, -0.2) is 13.6 Å². The first-order valence-corrected chi connectivity index (χ1v) is 6.87. The van der Waals surface area contributed by atoms with E-state index in [0.29, 0.717) is 24.2 Å². The standard InChI is InChI=1S/C15H17F2N3O2/c1-10(5-7-22-15(18)21)9-20-6-4-14(19-20)11-2-3-12(16)13(17)8-11/h2-4,6,8,10H,5,7,9H2,1H3,(H2,18,21)/t10-/m0/s1. The molecule has 2 rings (SSSR count). The van der Waals surface area contributed by atoms with Crippen molar-refractivity contribution in [1.29, 1.82) is 0 Å². The van der Waals surface area contributed by atoms with Gasteiger partial charge in [-0.2, -0.15) is 5.10 Å². The van der Waals surface area contributed by atoms with E-state index in [0.717, 1.165) is 12.1 Å². The fraction of sp³-hybridized carbons (Fsp3) is 0.333. The van der Waals surface area contributed by atoms with Gasteiger partial charge in [0.25, 0.3) is 0 Å². The number of carbonyl (C=O) groups is 1. The molecule has 1 heterocycles. The maximum Gasteiger partial charge on any atom is 0.404 e. The van der Waals surface area contributed by atoms with Gasteiger partial charge in [0, 0.05) is 18.3 Å². The van der Waals surface area contributed by atoms with Crippen LogP contribution in [0.2, 0.25) is 0 Å². The highest BCUT2D eigenvalue weighted by Gasteiger charge is 2.09. The van der Waals surface area contributed by atoms with Gasteiger partial charge in [0.1, 0.15) is 0 Å². The van der Waals surface area contributed by atoms with Crippen LogP contribution in [0.4, 0.5) is 13.6 Å². The van der Waals surface area contributed by atoms with Crippen LogP contribution < -0.4 is 5.73 Å². The molecule has 0 fully saturated rings. The molecular weight excluding hydrogens is 292 g/mol. The normalized spacial score (nSPS) is 12.1. The van der Waals surface area contributed by atoms with Gasteiger partial charge in [-0.1, -0.05) is 6.92 Å². The van der Waals surface area contributed by atoms with Crippen molar-refractivity contribution >= 4 is 6.09 Å². The predicted molar refractivity (Wildman–Crippen MR) is 76.9 cm³/mol. The Morgan fingerprint density at radius 2 is 2.14 bits per heavy atom. The number of ether oxygens (including phenoxy) is 1. The van der Waals surface area contributed by atoms with Crippen LogP contribution >= 0.6 is 0 Å². The number of hydrogen-bond donors (Lipinski definition) is 1. The third-order valence-corrected chi connectivity index (χ3v) is 3.21. The number of benzene rings is 1. The lowest BCUT2D eigenvalue weighted by Crippen LogP contribution is -2.16. The van der Waals surface area contributed by atoms with Gasteiger partial charge in [0.05, 0.1) is 12.3 Å². The molecule has 1 amide bonds. The van der Waals surface area contributed by atoms with Crippen LogP contribution in [-0.4, -0.2) is 22.5 Å². The lowest BCUT2D eigenvalue weighted by atomic mass is 10.1. The summed E-state index contributed by atoms with van der Waals surface area (Å²) in [5, 5.41) is 4.33. The van der Waals surface area contributed by atoms with E-state index in [1.54, 1.807) is 16.9 Å². The second-order valence-corrected chi connectivity index (χ2v) is 5.11. The minimum atomic E-state index is -0.899. The number of carbonyl (C=O) groups excluding carboxylic acids is 1. The molecule has 5 nitrogen and oxygen atoms in total. The first kappa shape index (κ1) is 15.9. The number of halogens is 2. The monoisotopic (exact) mass is 309 g/mol. The Balaban J connectivity index is 1.96. The SMILES string of the molecule is C[C@@H](CCOC(N)=O)Cn1ccc(-c2ccc(F)c(F)c2)n1. The van der Waals surface area contributed by atoms with Gasteiger partial charge >= 0.3 is 6.09 Å². The molecule has 0 bridgehead atoms. The van der Waals surface area contributed by atoms with Crippen LogP contribution in [0.15, 0.2) is 30.5 Å². The van der Waals surface area contributed by atoms with E-state index >= 15 is 0 Å². The average molecular weight is 309 g/mol. The Kier molecular flexibility index (Phi) is 5.08. The molecule has 0 spiro atoms. The van der Waals surface area contributed by atoms with E-state index in [1.807, 2.05) is 6.92 Å². The summed E-state index contributed by atoms with van der Waals surface area (Å²) in [7, 11) is 0. The van der Waals surface area contributed by atoms with Crippen LogP contribution in [-0.2, 0) is 11.3 Å². The summed E-state index contributed by atoms with van der Waals surface area (Å²) < 4.78 is 32.5. The zero-order valence-corrected chi connectivity index (χ0v) is 12.1. The van der Waals surface area contributed by atoms with Crippen molar-refractivity contribution in [3.8, 4) is 11.3 Å². The Bertz CT molecular complexity index is 658. The molecule has 0 aliphatic carbocycles. The summed E-state index contributed by atoms with van der Waals surface area (Å²) in [6, 6.07) is 5.41. The second kappa shape index (κ2) is 7.02. The Hall–Kier alpha value is -2.44. The maximum atomic E-state index is 13.2. The maximum absolute atomic E-state index is 13.2. The van der Waals surface area contributed by atoms with Gasteiger partial charge in [-0.15, -0.1) is 0 Å². The fourth-order valence-electron chi connectivity index (χ4n) is 2.04. The molecule has 2 N–H and O–H groups in total. The molecule has 7 heteroatoms. The Morgan fingerprint density at radius 3 is 2.82 bits per heavy atom. The van der Waals surface area contributed by atoms with E-state index in [1.165, 1.54) is 6.07 Å². The smallest absolute Gasteiger partial charge is 0.404 e. The molecule has 1 aromatic carbocycles. The summed E-state index contributed by atoms with van der Waals surface area (Å²) >= 11 is 0. The molecule has 0 aliphatic rings. The number of aromatic nitrogens is 2. The molecule has 0 saturated heterocycles. The van der Waals surface area contributed by atoms with Gasteiger partial charge in [0.15, 0.2) is 11.6 Å².